The summed E-state index contributed by atoms with van der Waals surface area (Å²) in [5.41, 5.74) is 3.35. The summed E-state index contributed by atoms with van der Waals surface area (Å²) < 4.78 is 22.5. The van der Waals surface area contributed by atoms with Gasteiger partial charge in [-0.3, -0.25) is 0 Å². The Kier molecular flexibility index (Phi) is 4.49. The van der Waals surface area contributed by atoms with E-state index < -0.39 is 0 Å². The van der Waals surface area contributed by atoms with Gasteiger partial charge in [-0.25, -0.2) is 9.37 Å². The summed E-state index contributed by atoms with van der Waals surface area (Å²) in [4.78, 5) is 5.55. The molecule has 0 spiro atoms. The lowest BCUT2D eigenvalue weighted by Gasteiger charge is -2.15. The van der Waals surface area contributed by atoms with Crippen LogP contribution in [0.25, 0.3) is 27.8 Å². The zero-order valence-corrected chi connectivity index (χ0v) is 15.3. The molecule has 0 fully saturated rings. The molecular formula is C21H17FN2OS. The first-order valence-corrected chi connectivity index (χ1v) is 8.97. The summed E-state index contributed by atoms with van der Waals surface area (Å²) in [6.07, 6.45) is 1.88. The van der Waals surface area contributed by atoms with Crippen LogP contribution in [0.15, 0.2) is 71.8 Å². The van der Waals surface area contributed by atoms with Gasteiger partial charge in [-0.15, -0.1) is 0 Å². The molecule has 0 bridgehead atoms. The van der Waals surface area contributed by atoms with Crippen molar-refractivity contribution in [2.45, 2.75) is 11.8 Å². The quantitative estimate of drug-likeness (QED) is 0.429. The molecule has 5 heteroatoms. The maximum atomic E-state index is 15.6. The summed E-state index contributed by atoms with van der Waals surface area (Å²) in [5, 5.41) is 0.791. The van der Waals surface area contributed by atoms with E-state index in [2.05, 4.69) is 4.98 Å². The number of para-hydroxylation sites is 1. The Morgan fingerprint density at radius 1 is 1.00 bits per heavy atom. The third-order valence-electron chi connectivity index (χ3n) is 4.31. The molecule has 0 N–H and O–H groups in total. The molecule has 0 amide bonds. The Hall–Kier alpha value is -2.63. The molecule has 0 aliphatic carbocycles. The average Bonchev–Trinajstić information content (AvgIpc) is 3.08. The molecule has 26 heavy (non-hydrogen) atoms. The van der Waals surface area contributed by atoms with Crippen LogP contribution in [0.4, 0.5) is 4.39 Å². The Bertz CT molecular complexity index is 1070. The summed E-state index contributed by atoms with van der Waals surface area (Å²) >= 11 is 1.27. The first kappa shape index (κ1) is 16.8. The molecule has 0 aliphatic rings. The Balaban J connectivity index is 1.96. The van der Waals surface area contributed by atoms with Crippen molar-refractivity contribution in [3.8, 4) is 16.9 Å². The number of aryl methyl sites for hydroxylation is 1. The van der Waals surface area contributed by atoms with Crippen LogP contribution in [0.1, 0.15) is 5.69 Å². The predicted octanol–water partition coefficient (Wildman–Crippen LogP) is 5.79. The van der Waals surface area contributed by atoms with Crippen LogP contribution >= 0.6 is 12.0 Å². The summed E-state index contributed by atoms with van der Waals surface area (Å²) in [6, 6.07) is 19.1. The maximum Gasteiger partial charge on any atom is 0.174 e. The lowest BCUT2D eigenvalue weighted by molar-refractivity contribution is 0.490. The highest BCUT2D eigenvalue weighted by atomic mass is 32.2. The fraction of sp³-hybridized carbons (Fsp3) is 0.0952. The number of pyridine rings is 1. The van der Waals surface area contributed by atoms with Gasteiger partial charge < -0.3 is 8.75 Å². The molecule has 0 aliphatic heterocycles. The van der Waals surface area contributed by atoms with Crippen molar-refractivity contribution in [1.82, 2.24) is 9.55 Å². The Morgan fingerprint density at radius 3 is 2.46 bits per heavy atom. The highest BCUT2D eigenvalue weighted by Gasteiger charge is 2.18. The van der Waals surface area contributed by atoms with Crippen LogP contribution in [0.5, 0.6) is 0 Å². The highest BCUT2D eigenvalue weighted by molar-refractivity contribution is 7.94. The maximum absolute atomic E-state index is 15.6. The van der Waals surface area contributed by atoms with Gasteiger partial charge in [0.1, 0.15) is 5.69 Å². The van der Waals surface area contributed by atoms with Crippen LogP contribution in [-0.4, -0.2) is 16.7 Å². The largest absolute Gasteiger partial charge is 0.318 e. The number of hydrogen-bond donors (Lipinski definition) is 0. The summed E-state index contributed by atoms with van der Waals surface area (Å²) in [5.74, 6) is -0.324. The van der Waals surface area contributed by atoms with Crippen LogP contribution in [0, 0.1) is 12.7 Å². The Labute approximate surface area is 155 Å². The molecule has 2 aromatic heterocycles. The monoisotopic (exact) mass is 364 g/mol. The van der Waals surface area contributed by atoms with Gasteiger partial charge in [-0.1, -0.05) is 30.3 Å². The number of halogens is 1. The zero-order valence-electron chi connectivity index (χ0n) is 14.4. The van der Waals surface area contributed by atoms with Crippen molar-refractivity contribution >= 4 is 22.9 Å². The van der Waals surface area contributed by atoms with Gasteiger partial charge in [0.25, 0.3) is 0 Å². The van der Waals surface area contributed by atoms with Gasteiger partial charge in [-0.2, -0.15) is 0 Å². The van der Waals surface area contributed by atoms with Crippen molar-refractivity contribution in [1.29, 1.82) is 0 Å². The molecule has 0 atom stereocenters. The highest BCUT2D eigenvalue weighted by Crippen LogP contribution is 2.33. The minimum atomic E-state index is -0.324. The molecule has 2 heterocycles. The van der Waals surface area contributed by atoms with E-state index in [0.717, 1.165) is 27.1 Å². The first-order chi connectivity index (χ1) is 12.7. The lowest BCUT2D eigenvalue weighted by atomic mass is 10.1. The minimum absolute atomic E-state index is 0.324. The number of aromatic nitrogens is 2. The minimum Gasteiger partial charge on any atom is -0.318 e. The first-order valence-electron chi connectivity index (χ1n) is 8.22. The van der Waals surface area contributed by atoms with Crippen LogP contribution in [0.3, 0.4) is 0 Å². The topological polar surface area (TPSA) is 27.1 Å². The summed E-state index contributed by atoms with van der Waals surface area (Å²) in [7, 11) is 1.62. The van der Waals surface area contributed by atoms with Crippen LogP contribution in [-0.2, 0) is 4.18 Å². The molecule has 0 radical (unpaired) electrons. The molecule has 130 valence electrons. The number of hydrogen-bond acceptors (Lipinski definition) is 3. The van der Waals surface area contributed by atoms with E-state index in [0.29, 0.717) is 11.4 Å². The average molecular weight is 364 g/mol. The van der Waals surface area contributed by atoms with E-state index in [-0.39, 0.29) is 5.82 Å². The second kappa shape index (κ2) is 6.94. The molecular weight excluding hydrogens is 347 g/mol. The van der Waals surface area contributed by atoms with E-state index in [9.17, 15) is 0 Å². The van der Waals surface area contributed by atoms with E-state index in [4.69, 9.17) is 4.18 Å². The van der Waals surface area contributed by atoms with Crippen molar-refractivity contribution in [3.05, 3.63) is 78.4 Å². The zero-order chi connectivity index (χ0) is 18.1. The summed E-state index contributed by atoms with van der Waals surface area (Å²) in [6.45, 7) is 1.96. The molecule has 4 aromatic rings. The fourth-order valence-electron chi connectivity index (χ4n) is 3.08. The molecule has 2 aromatic carbocycles. The smallest absolute Gasteiger partial charge is 0.174 e. The van der Waals surface area contributed by atoms with E-state index in [1.165, 1.54) is 12.0 Å². The van der Waals surface area contributed by atoms with Crippen molar-refractivity contribution in [3.63, 3.8) is 0 Å². The van der Waals surface area contributed by atoms with E-state index in [1.807, 2.05) is 78.4 Å². The third kappa shape index (κ3) is 2.89. The van der Waals surface area contributed by atoms with Crippen molar-refractivity contribution < 1.29 is 8.57 Å². The van der Waals surface area contributed by atoms with Crippen molar-refractivity contribution in [2.75, 3.05) is 7.11 Å². The second-order valence-corrected chi connectivity index (χ2v) is 6.91. The van der Waals surface area contributed by atoms with Gasteiger partial charge in [-0.05, 0) is 37.3 Å². The fourth-order valence-corrected chi connectivity index (χ4v) is 3.52. The third-order valence-corrected chi connectivity index (χ3v) is 4.94. The van der Waals surface area contributed by atoms with Gasteiger partial charge in [0.15, 0.2) is 5.82 Å². The van der Waals surface area contributed by atoms with Gasteiger partial charge >= 0.3 is 0 Å². The predicted molar refractivity (Wildman–Crippen MR) is 104 cm³/mol. The molecule has 0 saturated carbocycles. The molecule has 4 rings (SSSR count). The van der Waals surface area contributed by atoms with Crippen LogP contribution < -0.4 is 0 Å². The van der Waals surface area contributed by atoms with E-state index in [1.54, 1.807) is 7.11 Å². The van der Waals surface area contributed by atoms with E-state index >= 15 is 4.39 Å². The Morgan fingerprint density at radius 2 is 1.77 bits per heavy atom. The van der Waals surface area contributed by atoms with Crippen LogP contribution in [0.2, 0.25) is 0 Å². The standard InChI is InChI=1S/C21H17FN2OS/c1-14-6-5-13-24(14)21-17-7-3-4-8-18(17)23-20(19(21)22)15-9-11-16(12-10-15)26-25-2/h3-13H,1-2H3. The molecule has 0 saturated heterocycles. The SMILES string of the molecule is COSc1ccc(-c2nc3ccccc3c(-n3cccc3C)c2F)cc1. The molecule has 3 nitrogen and oxygen atoms in total. The second-order valence-electron chi connectivity index (χ2n) is 5.93. The number of nitrogens with zero attached hydrogens (tertiary/aromatic N) is 2. The van der Waals surface area contributed by atoms with Gasteiger partial charge in [0, 0.05) is 39.8 Å². The van der Waals surface area contributed by atoms with Crippen molar-refractivity contribution in [2.24, 2.45) is 0 Å². The lowest BCUT2D eigenvalue weighted by Crippen LogP contribution is -2.03. The normalized spacial score (nSPS) is 11.2. The molecule has 0 unspecified atom stereocenters. The number of fused-ring (bicyclic) bond motifs is 1. The van der Waals surface area contributed by atoms with Gasteiger partial charge in [0.05, 0.1) is 18.3 Å². The number of benzene rings is 2. The number of rotatable bonds is 4. The van der Waals surface area contributed by atoms with Gasteiger partial charge in [0.2, 0.25) is 0 Å².